The van der Waals surface area contributed by atoms with Crippen molar-refractivity contribution in [3.05, 3.63) is 34.3 Å². The van der Waals surface area contributed by atoms with E-state index in [0.29, 0.717) is 6.54 Å². The van der Waals surface area contributed by atoms with Crippen molar-refractivity contribution in [1.82, 2.24) is 10.6 Å². The minimum absolute atomic E-state index is 0.135. The van der Waals surface area contributed by atoms with Crippen LogP contribution in [0.3, 0.4) is 0 Å². The molecule has 1 aromatic carbocycles. The Labute approximate surface area is 121 Å². The first-order chi connectivity index (χ1) is 9.13. The number of nitrogens with one attached hydrogen (secondary N) is 2. The van der Waals surface area contributed by atoms with Gasteiger partial charge in [0.25, 0.3) is 0 Å². The standard InChI is InChI=1S/C14H19BrN2O2/c15-11-3-1-10(2-4-11)9-16-14(19)17-12-5-7-13(18)8-6-12/h1-4,12-13,18H,5-9H2,(H2,16,17,19). The molecule has 1 saturated carbocycles. The molecule has 1 aromatic rings. The molecule has 1 fully saturated rings. The zero-order chi connectivity index (χ0) is 13.7. The fraction of sp³-hybridized carbons (Fsp3) is 0.500. The average molecular weight is 327 g/mol. The largest absolute Gasteiger partial charge is 0.393 e. The molecule has 1 aliphatic rings. The van der Waals surface area contributed by atoms with Gasteiger partial charge in [0, 0.05) is 17.1 Å². The van der Waals surface area contributed by atoms with Crippen LogP contribution in [0.1, 0.15) is 31.2 Å². The minimum atomic E-state index is -0.191. The van der Waals surface area contributed by atoms with Crippen LogP contribution in [-0.2, 0) is 6.54 Å². The van der Waals surface area contributed by atoms with Crippen molar-refractivity contribution in [2.75, 3.05) is 0 Å². The second kappa shape index (κ2) is 6.91. The molecule has 0 aliphatic heterocycles. The lowest BCUT2D eigenvalue weighted by Gasteiger charge is -2.26. The molecular weight excluding hydrogens is 308 g/mol. The Balaban J connectivity index is 1.71. The van der Waals surface area contributed by atoms with Gasteiger partial charge in [0.05, 0.1) is 6.10 Å². The predicted molar refractivity (Wildman–Crippen MR) is 77.8 cm³/mol. The molecule has 0 radical (unpaired) electrons. The summed E-state index contributed by atoms with van der Waals surface area (Å²) in [6.07, 6.45) is 3.07. The SMILES string of the molecule is O=C(NCc1ccc(Br)cc1)NC1CCC(O)CC1. The second-order valence-electron chi connectivity index (χ2n) is 4.96. The zero-order valence-corrected chi connectivity index (χ0v) is 12.3. The molecular formula is C14H19BrN2O2. The van der Waals surface area contributed by atoms with Crippen LogP contribution in [0.2, 0.25) is 0 Å². The maximum Gasteiger partial charge on any atom is 0.315 e. The third kappa shape index (κ3) is 4.84. The summed E-state index contributed by atoms with van der Waals surface area (Å²) in [6, 6.07) is 7.91. The van der Waals surface area contributed by atoms with E-state index in [0.717, 1.165) is 35.7 Å². The second-order valence-corrected chi connectivity index (χ2v) is 5.87. The van der Waals surface area contributed by atoms with Gasteiger partial charge in [0.2, 0.25) is 0 Å². The molecule has 1 aliphatic carbocycles. The van der Waals surface area contributed by atoms with E-state index < -0.39 is 0 Å². The van der Waals surface area contributed by atoms with Gasteiger partial charge in [-0.05, 0) is 43.4 Å². The van der Waals surface area contributed by atoms with E-state index in [9.17, 15) is 9.90 Å². The normalized spacial score (nSPS) is 22.8. The number of rotatable bonds is 3. The van der Waals surface area contributed by atoms with Crippen LogP contribution < -0.4 is 10.6 Å². The molecule has 2 rings (SSSR count). The van der Waals surface area contributed by atoms with Crippen molar-refractivity contribution in [1.29, 1.82) is 0 Å². The molecule has 0 saturated heterocycles. The predicted octanol–water partition coefficient (Wildman–Crippen LogP) is 2.55. The van der Waals surface area contributed by atoms with Gasteiger partial charge in [-0.25, -0.2) is 4.79 Å². The summed E-state index contributed by atoms with van der Waals surface area (Å²) >= 11 is 3.38. The maximum absolute atomic E-state index is 11.7. The molecule has 3 N–H and O–H groups in total. The third-order valence-electron chi connectivity index (χ3n) is 3.40. The number of aliphatic hydroxyl groups is 1. The van der Waals surface area contributed by atoms with Gasteiger partial charge < -0.3 is 15.7 Å². The Kier molecular flexibility index (Phi) is 5.22. The van der Waals surface area contributed by atoms with E-state index in [4.69, 9.17) is 0 Å². The van der Waals surface area contributed by atoms with Gasteiger partial charge in [-0.15, -0.1) is 0 Å². The molecule has 2 amide bonds. The fourth-order valence-corrected chi connectivity index (χ4v) is 2.51. The van der Waals surface area contributed by atoms with Crippen molar-refractivity contribution < 1.29 is 9.90 Å². The van der Waals surface area contributed by atoms with E-state index in [1.165, 1.54) is 0 Å². The first kappa shape index (κ1) is 14.3. The number of aliphatic hydroxyl groups excluding tert-OH is 1. The molecule has 0 spiro atoms. The quantitative estimate of drug-likeness (QED) is 0.799. The molecule has 4 nitrogen and oxygen atoms in total. The molecule has 0 heterocycles. The number of halogens is 1. The summed E-state index contributed by atoms with van der Waals surface area (Å²) in [5.74, 6) is 0. The van der Waals surface area contributed by atoms with Crippen LogP contribution in [0.25, 0.3) is 0 Å². The van der Waals surface area contributed by atoms with Gasteiger partial charge in [-0.2, -0.15) is 0 Å². The highest BCUT2D eigenvalue weighted by molar-refractivity contribution is 9.10. The number of amides is 2. The fourth-order valence-electron chi connectivity index (χ4n) is 2.24. The third-order valence-corrected chi connectivity index (χ3v) is 3.93. The molecule has 0 bridgehead atoms. The van der Waals surface area contributed by atoms with E-state index >= 15 is 0 Å². The summed E-state index contributed by atoms with van der Waals surface area (Å²) in [5, 5.41) is 15.2. The zero-order valence-electron chi connectivity index (χ0n) is 10.7. The van der Waals surface area contributed by atoms with E-state index in [2.05, 4.69) is 26.6 Å². The Morgan fingerprint density at radius 2 is 1.84 bits per heavy atom. The summed E-state index contributed by atoms with van der Waals surface area (Å²) in [5.41, 5.74) is 1.07. The topological polar surface area (TPSA) is 61.4 Å². The Morgan fingerprint density at radius 1 is 1.21 bits per heavy atom. The average Bonchev–Trinajstić information content (AvgIpc) is 2.41. The lowest BCUT2D eigenvalue weighted by Crippen LogP contribution is -2.43. The van der Waals surface area contributed by atoms with E-state index in [1.54, 1.807) is 0 Å². The van der Waals surface area contributed by atoms with Crippen LogP contribution >= 0.6 is 15.9 Å². The molecule has 0 unspecified atom stereocenters. The number of benzene rings is 1. The minimum Gasteiger partial charge on any atom is -0.393 e. The number of hydrogen-bond donors (Lipinski definition) is 3. The summed E-state index contributed by atoms with van der Waals surface area (Å²) in [4.78, 5) is 11.7. The summed E-state index contributed by atoms with van der Waals surface area (Å²) in [7, 11) is 0. The number of carbonyl (C=O) groups excluding carboxylic acids is 1. The van der Waals surface area contributed by atoms with Gasteiger partial charge in [-0.3, -0.25) is 0 Å². The van der Waals surface area contributed by atoms with Crippen molar-refractivity contribution >= 4 is 22.0 Å². The van der Waals surface area contributed by atoms with Crippen molar-refractivity contribution in [3.8, 4) is 0 Å². The van der Waals surface area contributed by atoms with Crippen LogP contribution in [0.4, 0.5) is 4.79 Å². The van der Waals surface area contributed by atoms with E-state index in [-0.39, 0.29) is 18.2 Å². The lowest BCUT2D eigenvalue weighted by molar-refractivity contribution is 0.117. The van der Waals surface area contributed by atoms with Gasteiger partial charge in [0.1, 0.15) is 0 Å². The first-order valence-corrected chi connectivity index (χ1v) is 7.39. The van der Waals surface area contributed by atoms with Gasteiger partial charge in [0.15, 0.2) is 0 Å². The monoisotopic (exact) mass is 326 g/mol. The van der Waals surface area contributed by atoms with Crippen LogP contribution in [0.5, 0.6) is 0 Å². The molecule has 104 valence electrons. The highest BCUT2D eigenvalue weighted by Gasteiger charge is 2.20. The number of hydrogen-bond acceptors (Lipinski definition) is 2. The summed E-state index contributed by atoms with van der Waals surface area (Å²) < 4.78 is 1.03. The highest BCUT2D eigenvalue weighted by atomic mass is 79.9. The highest BCUT2D eigenvalue weighted by Crippen LogP contribution is 2.18. The molecule has 0 aromatic heterocycles. The van der Waals surface area contributed by atoms with Crippen LogP contribution in [0.15, 0.2) is 28.7 Å². The molecule has 0 atom stereocenters. The van der Waals surface area contributed by atoms with Gasteiger partial charge >= 0.3 is 6.03 Å². The van der Waals surface area contributed by atoms with E-state index in [1.807, 2.05) is 24.3 Å². The first-order valence-electron chi connectivity index (χ1n) is 6.60. The smallest absolute Gasteiger partial charge is 0.315 e. The molecule has 5 heteroatoms. The van der Waals surface area contributed by atoms with Gasteiger partial charge in [-0.1, -0.05) is 28.1 Å². The summed E-state index contributed by atoms with van der Waals surface area (Å²) in [6.45, 7) is 0.522. The number of urea groups is 1. The Bertz CT molecular complexity index is 414. The lowest BCUT2D eigenvalue weighted by atomic mass is 9.93. The van der Waals surface area contributed by atoms with Crippen LogP contribution in [-0.4, -0.2) is 23.3 Å². The Morgan fingerprint density at radius 3 is 2.47 bits per heavy atom. The Hall–Kier alpha value is -1.07. The van der Waals surface area contributed by atoms with Crippen molar-refractivity contribution in [2.24, 2.45) is 0 Å². The maximum atomic E-state index is 11.7. The van der Waals surface area contributed by atoms with Crippen molar-refractivity contribution in [3.63, 3.8) is 0 Å². The molecule has 19 heavy (non-hydrogen) atoms. The number of carbonyl (C=O) groups is 1. The van der Waals surface area contributed by atoms with Crippen LogP contribution in [0, 0.1) is 0 Å². The van der Waals surface area contributed by atoms with Crippen molar-refractivity contribution in [2.45, 2.75) is 44.4 Å².